The molecule has 1 aromatic carbocycles. The van der Waals surface area contributed by atoms with E-state index in [1.807, 2.05) is 81.4 Å². The molecule has 1 heterocycles. The maximum Gasteiger partial charge on any atom is 0.335 e. The molecule has 5 aliphatic carbocycles. The zero-order chi connectivity index (χ0) is 48.2. The number of aromatic carboxylic acids is 1. The summed E-state index contributed by atoms with van der Waals surface area (Å²) in [6.45, 7) is 40.3. The second kappa shape index (κ2) is 27.3. The van der Waals surface area contributed by atoms with Crippen molar-refractivity contribution in [1.29, 1.82) is 0 Å². The Balaban J connectivity index is 0.00000207. The van der Waals surface area contributed by atoms with Gasteiger partial charge in [0, 0.05) is 31.7 Å². The number of carboxylic acids is 1. The molecule has 5 fully saturated rings. The van der Waals surface area contributed by atoms with Crippen molar-refractivity contribution in [3.8, 4) is 0 Å². The molecule has 0 radical (unpaired) electrons. The van der Waals surface area contributed by atoms with Crippen molar-refractivity contribution in [2.75, 3.05) is 37.7 Å². The summed E-state index contributed by atoms with van der Waals surface area (Å²) in [5.41, 5.74) is 4.19. The lowest BCUT2D eigenvalue weighted by atomic mass is 9.33. The first kappa shape index (κ1) is 59.8. The largest absolute Gasteiger partial charge is 0.483 e. The van der Waals surface area contributed by atoms with E-state index in [0.29, 0.717) is 52.8 Å². The smallest absolute Gasteiger partial charge is 0.335 e. The number of carboxylic acid groups (broad SMARTS) is 2. The molecule has 1 aliphatic heterocycles. The first-order valence-corrected chi connectivity index (χ1v) is 27.1. The number of fused-ring (bicyclic) bond motifs is 7. The Morgan fingerprint density at radius 3 is 1.81 bits per heavy atom. The summed E-state index contributed by atoms with van der Waals surface area (Å²) in [5, 5.41) is 20.5. The molecule has 62 heavy (non-hydrogen) atoms. The lowest BCUT2D eigenvalue weighted by molar-refractivity contribution is -0.217. The van der Waals surface area contributed by atoms with E-state index in [1.54, 1.807) is 12.1 Å². The highest BCUT2D eigenvalue weighted by Crippen LogP contribution is 2.76. The van der Waals surface area contributed by atoms with Crippen molar-refractivity contribution in [3.05, 3.63) is 41.5 Å². The van der Waals surface area contributed by atoms with Crippen LogP contribution in [0.3, 0.4) is 0 Å². The van der Waals surface area contributed by atoms with Crippen LogP contribution in [0, 0.1) is 45.3 Å². The van der Waals surface area contributed by atoms with Crippen molar-refractivity contribution < 1.29 is 28.2 Å². The van der Waals surface area contributed by atoms with E-state index < -0.39 is 15.8 Å². The van der Waals surface area contributed by atoms with E-state index >= 15 is 0 Å². The zero-order valence-electron chi connectivity index (χ0n) is 43.2. The third-order valence-electron chi connectivity index (χ3n) is 15.7. The quantitative estimate of drug-likeness (QED) is 0.241. The predicted molar refractivity (Wildman–Crippen MR) is 267 cm³/mol. The van der Waals surface area contributed by atoms with Crippen LogP contribution in [0.25, 0.3) is 5.57 Å². The fourth-order valence-electron chi connectivity index (χ4n) is 13.2. The Labute approximate surface area is 383 Å². The van der Waals surface area contributed by atoms with E-state index in [9.17, 15) is 18.3 Å². The second-order valence-corrected chi connectivity index (χ2v) is 20.8. The number of nitrogens with zero attached hydrogens (tertiary/aromatic N) is 1. The third-order valence-corrected chi connectivity index (χ3v) is 17.3. The molecule has 362 valence electrons. The number of carbonyl (C=O) groups is 2. The molecule has 1 aromatic rings. The van der Waals surface area contributed by atoms with Crippen LogP contribution < -0.4 is 5.32 Å². The molecule has 0 bridgehead atoms. The molecule has 6 aliphatic rings. The molecule has 0 amide bonds. The fourth-order valence-corrected chi connectivity index (χ4v) is 14.5. The van der Waals surface area contributed by atoms with Crippen molar-refractivity contribution in [2.24, 2.45) is 45.3 Å². The van der Waals surface area contributed by atoms with Crippen LogP contribution >= 0.6 is 0 Å². The highest BCUT2D eigenvalue weighted by molar-refractivity contribution is 7.91. The molecular weight excluding hydrogens is 793 g/mol. The van der Waals surface area contributed by atoms with E-state index in [-0.39, 0.29) is 22.8 Å². The van der Waals surface area contributed by atoms with Gasteiger partial charge in [-0.15, -0.1) is 0 Å². The molecule has 0 aromatic heterocycles. The van der Waals surface area contributed by atoms with Crippen LogP contribution in [0.15, 0.2) is 30.3 Å². The number of sulfone groups is 1. The maximum atomic E-state index is 11.9. The molecule has 4 saturated carbocycles. The average molecular weight is 891 g/mol. The van der Waals surface area contributed by atoms with Crippen LogP contribution in [0.2, 0.25) is 0 Å². The third kappa shape index (κ3) is 12.8. The maximum absolute atomic E-state index is 11.9. The van der Waals surface area contributed by atoms with Gasteiger partial charge in [-0.2, -0.15) is 0 Å². The molecule has 7 rings (SSSR count). The number of hydrogen-bond donors (Lipinski definition) is 3. The number of hydrogen-bond acceptors (Lipinski definition) is 6. The van der Waals surface area contributed by atoms with E-state index in [1.165, 1.54) is 75.3 Å². The number of rotatable bonds is 6. The number of benzene rings is 1. The Morgan fingerprint density at radius 2 is 1.29 bits per heavy atom. The van der Waals surface area contributed by atoms with Gasteiger partial charge in [-0.25, -0.2) is 13.2 Å². The van der Waals surface area contributed by atoms with Gasteiger partial charge in [-0.05, 0) is 126 Å². The average Bonchev–Trinajstić information content (AvgIpc) is 3.70. The zero-order valence-corrected chi connectivity index (χ0v) is 44.0. The Bertz CT molecular complexity index is 1560. The Morgan fingerprint density at radius 1 is 0.758 bits per heavy atom. The summed E-state index contributed by atoms with van der Waals surface area (Å²) in [7, 11) is -2.83. The van der Waals surface area contributed by atoms with Gasteiger partial charge in [0.25, 0.3) is 6.47 Å². The summed E-state index contributed by atoms with van der Waals surface area (Å²) in [5.74, 6) is 2.61. The fraction of sp³-hybridized carbons (Fsp3) is 0.811. The van der Waals surface area contributed by atoms with Crippen LogP contribution in [0.4, 0.5) is 0 Å². The van der Waals surface area contributed by atoms with E-state index in [2.05, 4.69) is 64.8 Å². The van der Waals surface area contributed by atoms with Crippen molar-refractivity contribution >= 4 is 27.9 Å². The Kier molecular flexibility index (Phi) is 26.3. The van der Waals surface area contributed by atoms with Crippen LogP contribution in [0.5, 0.6) is 0 Å². The highest BCUT2D eigenvalue weighted by atomic mass is 32.2. The predicted octanol–water partition coefficient (Wildman–Crippen LogP) is 13.6. The van der Waals surface area contributed by atoms with Gasteiger partial charge in [-0.3, -0.25) is 4.79 Å². The van der Waals surface area contributed by atoms with E-state index in [0.717, 1.165) is 31.3 Å². The van der Waals surface area contributed by atoms with Gasteiger partial charge < -0.3 is 20.4 Å². The normalized spacial score (nSPS) is 32.9. The van der Waals surface area contributed by atoms with Gasteiger partial charge in [0.2, 0.25) is 0 Å². The lowest BCUT2D eigenvalue weighted by Gasteiger charge is -2.72. The number of allylic oxidation sites excluding steroid dienone is 2. The minimum absolute atomic E-state index is 0.0342. The second-order valence-electron chi connectivity index (χ2n) is 18.5. The van der Waals surface area contributed by atoms with Crippen molar-refractivity contribution in [1.82, 2.24) is 10.2 Å². The Hall–Kier alpha value is -2.23. The highest BCUT2D eigenvalue weighted by Gasteiger charge is 2.69. The van der Waals surface area contributed by atoms with Crippen LogP contribution in [-0.4, -0.2) is 79.2 Å². The minimum atomic E-state index is -2.83. The van der Waals surface area contributed by atoms with Crippen LogP contribution in [-0.2, 0) is 14.6 Å². The van der Waals surface area contributed by atoms with Gasteiger partial charge in [0.1, 0.15) is 0 Å². The van der Waals surface area contributed by atoms with Gasteiger partial charge in [0.15, 0.2) is 9.84 Å². The topological polar surface area (TPSA) is 124 Å². The van der Waals surface area contributed by atoms with Gasteiger partial charge in [0.05, 0.1) is 17.1 Å². The minimum Gasteiger partial charge on any atom is -0.483 e. The molecule has 8 nitrogen and oxygen atoms in total. The van der Waals surface area contributed by atoms with Crippen LogP contribution in [0.1, 0.15) is 204 Å². The standard InChI is InChI=1S/C39H58N2O4S.C3H8.5C2H6.CH2O2/c1-35(2)29(27-8-10-28(11-9-27)34(42)43)14-17-36(3)32(35)15-18-38(5)33(36)13-12-30-31-7-6-16-39(31,20-19-37(30,38)4)40-21-22-41-23-25-46(44,45)26-24-41;1-3-2;5*1-2;2-1-3/h8-11,14,30-33,40H,6-7,12-13,15-26H2,1-5H3,(H,42,43);3H2,1-2H3;5*1-2H3;1H,(H,2,3)/t30?,31-,32?,33?,36?,37-,38?,39?;;;;;;;/m1......./s1. The molecule has 1 saturated heterocycles. The summed E-state index contributed by atoms with van der Waals surface area (Å²) < 4.78 is 23.9. The van der Waals surface area contributed by atoms with Crippen molar-refractivity contribution in [3.63, 3.8) is 0 Å². The first-order chi connectivity index (χ1) is 29.5. The van der Waals surface area contributed by atoms with Gasteiger partial charge in [-0.1, -0.05) is 149 Å². The first-order valence-electron chi connectivity index (χ1n) is 25.3. The molecule has 6 unspecified atom stereocenters. The number of nitrogens with one attached hydrogen (secondary N) is 1. The monoisotopic (exact) mass is 891 g/mol. The SMILES string of the molecule is CC.CC.CC.CC.CC.CC1(C)C(c2ccc(C(=O)O)cc2)=CCC2(C)C1CCC1(C)C2CCC2[C@H]3CCCC3(NCCN3CCS(=O)(=O)CC3)CC[C@]21C.CCC.O=CO. The molecule has 3 N–H and O–H groups in total. The molecule has 0 spiro atoms. The summed E-state index contributed by atoms with van der Waals surface area (Å²) in [4.78, 5) is 22.2. The van der Waals surface area contributed by atoms with E-state index in [4.69, 9.17) is 9.90 Å². The summed E-state index contributed by atoms with van der Waals surface area (Å²) in [6.07, 6.45) is 16.8. The summed E-state index contributed by atoms with van der Waals surface area (Å²) >= 11 is 0. The molecule has 9 heteroatoms. The molecule has 8 atom stereocenters. The van der Waals surface area contributed by atoms with Gasteiger partial charge >= 0.3 is 5.97 Å². The van der Waals surface area contributed by atoms with Crippen molar-refractivity contribution in [2.45, 2.75) is 194 Å². The summed E-state index contributed by atoms with van der Waals surface area (Å²) in [6, 6.07) is 7.59. The lowest BCUT2D eigenvalue weighted by Crippen LogP contribution is -2.67. The molecular formula is C53H98N2O6S.